The van der Waals surface area contributed by atoms with Crippen LogP contribution in [-0.2, 0) is 0 Å². The van der Waals surface area contributed by atoms with E-state index in [9.17, 15) is 19.7 Å². The molecule has 3 aromatic carbocycles. The van der Waals surface area contributed by atoms with Crippen molar-refractivity contribution in [3.05, 3.63) is 93.5 Å². The van der Waals surface area contributed by atoms with E-state index in [2.05, 4.69) is 10.5 Å². The first-order valence-electron chi connectivity index (χ1n) is 10.7. The maximum atomic E-state index is 12.5. The zero-order chi connectivity index (χ0) is 25.2. The molecule has 0 saturated heterocycles. The molecule has 10 nitrogen and oxygen atoms in total. The number of carbonyl (C=O) groups is 2. The third kappa shape index (κ3) is 6.87. The smallest absolute Gasteiger partial charge is 0.343 e. The van der Waals surface area contributed by atoms with Gasteiger partial charge in [0.15, 0.2) is 11.5 Å². The van der Waals surface area contributed by atoms with Crippen molar-refractivity contribution in [2.75, 3.05) is 13.2 Å². The van der Waals surface area contributed by atoms with Gasteiger partial charge in [0.2, 0.25) is 0 Å². The Morgan fingerprint density at radius 1 is 0.914 bits per heavy atom. The topological polar surface area (TPSA) is 129 Å². The van der Waals surface area contributed by atoms with Gasteiger partial charge >= 0.3 is 5.97 Å². The third-order valence-electron chi connectivity index (χ3n) is 4.59. The molecule has 0 aromatic heterocycles. The molecule has 0 spiro atoms. The summed E-state index contributed by atoms with van der Waals surface area (Å²) in [5, 5.41) is 14.6. The Morgan fingerprint density at radius 2 is 1.57 bits per heavy atom. The van der Waals surface area contributed by atoms with Crippen molar-refractivity contribution in [3.8, 4) is 17.2 Å². The molecule has 35 heavy (non-hydrogen) atoms. The lowest BCUT2D eigenvalue weighted by atomic mass is 10.2. The Hall–Kier alpha value is -4.73. The molecular formula is C25H23N3O7. The molecule has 0 atom stereocenters. The SMILES string of the molecule is CCOc1ccc(C(=O)Oc2ccc(C=NNC(=O)c3ccc([N+](=O)[O-])cc3)cc2OCC)cc1. The van der Waals surface area contributed by atoms with Crippen LogP contribution < -0.4 is 19.6 Å². The number of rotatable bonds is 10. The fourth-order valence-corrected chi connectivity index (χ4v) is 2.93. The van der Waals surface area contributed by atoms with Gasteiger partial charge in [-0.05, 0) is 74.0 Å². The van der Waals surface area contributed by atoms with Crippen LogP contribution in [0, 0.1) is 10.1 Å². The largest absolute Gasteiger partial charge is 0.494 e. The summed E-state index contributed by atoms with van der Waals surface area (Å²) in [4.78, 5) is 34.9. The number of ether oxygens (including phenoxy) is 3. The molecule has 0 aliphatic rings. The lowest BCUT2D eigenvalue weighted by Gasteiger charge is -2.11. The first-order valence-corrected chi connectivity index (χ1v) is 10.7. The Kier molecular flexibility index (Phi) is 8.49. The number of hydrazone groups is 1. The highest BCUT2D eigenvalue weighted by Gasteiger charge is 2.14. The van der Waals surface area contributed by atoms with Gasteiger partial charge in [-0.25, -0.2) is 10.2 Å². The summed E-state index contributed by atoms with van der Waals surface area (Å²) in [6, 6.07) is 16.6. The third-order valence-corrected chi connectivity index (χ3v) is 4.59. The second-order valence-corrected chi connectivity index (χ2v) is 6.99. The molecule has 0 bridgehead atoms. The summed E-state index contributed by atoms with van der Waals surface area (Å²) >= 11 is 0. The van der Waals surface area contributed by atoms with Crippen LogP contribution in [-0.4, -0.2) is 36.2 Å². The zero-order valence-electron chi connectivity index (χ0n) is 19.1. The first-order chi connectivity index (χ1) is 16.9. The Bertz CT molecular complexity index is 1220. The van der Waals surface area contributed by atoms with Crippen LogP contribution in [0.5, 0.6) is 17.2 Å². The minimum absolute atomic E-state index is 0.114. The van der Waals surface area contributed by atoms with Crippen molar-refractivity contribution in [2.45, 2.75) is 13.8 Å². The van der Waals surface area contributed by atoms with Crippen molar-refractivity contribution in [1.29, 1.82) is 0 Å². The van der Waals surface area contributed by atoms with Crippen molar-refractivity contribution < 1.29 is 28.7 Å². The molecule has 0 aliphatic carbocycles. The van der Waals surface area contributed by atoms with E-state index in [1.165, 1.54) is 30.5 Å². The van der Waals surface area contributed by atoms with Crippen LogP contribution in [0.2, 0.25) is 0 Å². The molecule has 1 amide bonds. The number of carbonyl (C=O) groups excluding carboxylic acids is 2. The monoisotopic (exact) mass is 477 g/mol. The van der Waals surface area contributed by atoms with Gasteiger partial charge in [0.25, 0.3) is 11.6 Å². The number of nitro benzene ring substituents is 1. The van der Waals surface area contributed by atoms with Crippen LogP contribution in [0.3, 0.4) is 0 Å². The Labute approximate surface area is 201 Å². The number of esters is 1. The van der Waals surface area contributed by atoms with Crippen molar-refractivity contribution in [1.82, 2.24) is 5.43 Å². The number of non-ortho nitro benzene ring substituents is 1. The van der Waals surface area contributed by atoms with Gasteiger partial charge in [-0.1, -0.05) is 0 Å². The molecule has 3 rings (SSSR count). The van der Waals surface area contributed by atoms with E-state index in [0.29, 0.717) is 35.8 Å². The second-order valence-electron chi connectivity index (χ2n) is 6.99. The Balaban J connectivity index is 1.66. The van der Waals surface area contributed by atoms with E-state index in [4.69, 9.17) is 14.2 Å². The van der Waals surface area contributed by atoms with E-state index in [1.54, 1.807) is 49.4 Å². The second kappa shape index (κ2) is 11.9. The van der Waals surface area contributed by atoms with Gasteiger partial charge in [-0.2, -0.15) is 5.10 Å². The quantitative estimate of drug-likeness (QED) is 0.151. The number of amides is 1. The summed E-state index contributed by atoms with van der Waals surface area (Å²) in [5.74, 6) is 0.145. The molecular weight excluding hydrogens is 454 g/mol. The summed E-state index contributed by atoms with van der Waals surface area (Å²) in [6.45, 7) is 4.53. The van der Waals surface area contributed by atoms with Gasteiger partial charge < -0.3 is 14.2 Å². The number of hydrogen-bond donors (Lipinski definition) is 1. The maximum Gasteiger partial charge on any atom is 0.343 e. The number of nitro groups is 1. The predicted molar refractivity (Wildman–Crippen MR) is 128 cm³/mol. The molecule has 0 aliphatic heterocycles. The van der Waals surface area contributed by atoms with E-state index in [-0.39, 0.29) is 17.0 Å². The Morgan fingerprint density at radius 3 is 2.20 bits per heavy atom. The summed E-state index contributed by atoms with van der Waals surface area (Å²) in [6.07, 6.45) is 1.39. The number of nitrogens with one attached hydrogen (secondary N) is 1. The van der Waals surface area contributed by atoms with E-state index < -0.39 is 16.8 Å². The molecule has 0 saturated carbocycles. The first kappa shape index (κ1) is 24.9. The fourth-order valence-electron chi connectivity index (χ4n) is 2.93. The van der Waals surface area contributed by atoms with Crippen molar-refractivity contribution in [2.24, 2.45) is 5.10 Å². The fraction of sp³-hybridized carbons (Fsp3) is 0.160. The van der Waals surface area contributed by atoms with Crippen molar-refractivity contribution in [3.63, 3.8) is 0 Å². The minimum atomic E-state index is -0.550. The standard InChI is InChI=1S/C25H23N3O7/c1-3-33-21-12-8-19(9-13-21)25(30)35-22-14-5-17(15-23(22)34-4-2)16-26-27-24(29)18-6-10-20(11-7-18)28(31)32/h5-16H,3-4H2,1-2H3,(H,27,29). The normalized spacial score (nSPS) is 10.6. The molecule has 0 heterocycles. The highest BCUT2D eigenvalue weighted by molar-refractivity contribution is 5.95. The van der Waals surface area contributed by atoms with Crippen LogP contribution in [0.4, 0.5) is 5.69 Å². The highest BCUT2D eigenvalue weighted by Crippen LogP contribution is 2.29. The minimum Gasteiger partial charge on any atom is -0.494 e. The van der Waals surface area contributed by atoms with E-state index >= 15 is 0 Å². The molecule has 0 radical (unpaired) electrons. The summed E-state index contributed by atoms with van der Waals surface area (Å²) < 4.78 is 16.5. The highest BCUT2D eigenvalue weighted by atomic mass is 16.6. The van der Waals surface area contributed by atoms with E-state index in [1.807, 2.05) is 6.92 Å². The summed E-state index contributed by atoms with van der Waals surface area (Å²) in [5.41, 5.74) is 3.40. The predicted octanol–water partition coefficient (Wildman–Crippen LogP) is 4.38. The molecule has 0 unspecified atom stereocenters. The van der Waals surface area contributed by atoms with Gasteiger partial charge in [0, 0.05) is 17.7 Å². The van der Waals surface area contributed by atoms with E-state index in [0.717, 1.165) is 0 Å². The molecule has 10 heteroatoms. The van der Waals surface area contributed by atoms with Gasteiger partial charge in [-0.15, -0.1) is 0 Å². The average Bonchev–Trinajstić information content (AvgIpc) is 2.86. The lowest BCUT2D eigenvalue weighted by Crippen LogP contribution is -2.17. The average molecular weight is 477 g/mol. The number of hydrogen-bond acceptors (Lipinski definition) is 8. The zero-order valence-corrected chi connectivity index (χ0v) is 19.1. The molecule has 180 valence electrons. The molecule has 0 fully saturated rings. The van der Waals surface area contributed by atoms with Crippen LogP contribution in [0.15, 0.2) is 71.8 Å². The van der Waals surface area contributed by atoms with Crippen molar-refractivity contribution >= 4 is 23.8 Å². The van der Waals surface area contributed by atoms with Crippen LogP contribution in [0.1, 0.15) is 40.1 Å². The molecule has 3 aromatic rings. The van der Waals surface area contributed by atoms with Gasteiger partial charge in [0.05, 0.1) is 29.9 Å². The lowest BCUT2D eigenvalue weighted by molar-refractivity contribution is -0.384. The number of benzene rings is 3. The molecule has 1 N–H and O–H groups in total. The van der Waals surface area contributed by atoms with Gasteiger partial charge in [0.1, 0.15) is 5.75 Å². The summed E-state index contributed by atoms with van der Waals surface area (Å²) in [7, 11) is 0. The van der Waals surface area contributed by atoms with Crippen LogP contribution in [0.25, 0.3) is 0 Å². The maximum absolute atomic E-state index is 12.5. The van der Waals surface area contributed by atoms with Gasteiger partial charge in [-0.3, -0.25) is 14.9 Å². The van der Waals surface area contributed by atoms with Crippen LogP contribution >= 0.6 is 0 Å². The number of nitrogens with zero attached hydrogens (tertiary/aromatic N) is 2.